The molecule has 3 rings (SSSR count). The Bertz CT molecular complexity index is 1110. The molecule has 0 radical (unpaired) electrons. The smallest absolute Gasteiger partial charge is 0.371 e. The number of aromatic carboxylic acids is 1. The van der Waals surface area contributed by atoms with Gasteiger partial charge in [0.05, 0.1) is 11.5 Å². The molecule has 0 aliphatic heterocycles. The molecule has 28 heavy (non-hydrogen) atoms. The average molecular weight is 388 g/mol. The number of carbonyl (C=O) groups is 3. The van der Waals surface area contributed by atoms with Crippen LogP contribution in [0.25, 0.3) is 6.08 Å². The van der Waals surface area contributed by atoms with Crippen LogP contribution in [0.1, 0.15) is 33.2 Å². The fourth-order valence-electron chi connectivity index (χ4n) is 3.21. The molecule has 2 atom stereocenters. The third-order valence-corrected chi connectivity index (χ3v) is 4.41. The van der Waals surface area contributed by atoms with Crippen LogP contribution in [0.2, 0.25) is 0 Å². The molecule has 10 heteroatoms. The van der Waals surface area contributed by atoms with E-state index in [0.717, 1.165) is 30.3 Å². The van der Waals surface area contributed by atoms with Crippen LogP contribution < -0.4 is 5.63 Å². The number of carboxylic acid groups (broad SMARTS) is 3. The van der Waals surface area contributed by atoms with Gasteiger partial charge < -0.3 is 29.9 Å². The van der Waals surface area contributed by atoms with Gasteiger partial charge in [-0.1, -0.05) is 0 Å². The maximum atomic E-state index is 12.3. The summed E-state index contributed by atoms with van der Waals surface area (Å²) in [5, 5.41) is 47.5. The van der Waals surface area contributed by atoms with Crippen LogP contribution in [0.4, 0.5) is 0 Å². The summed E-state index contributed by atoms with van der Waals surface area (Å²) in [6.07, 6.45) is 1.03. The largest absolute Gasteiger partial charge is 0.504 e. The molecule has 0 amide bonds. The Morgan fingerprint density at radius 1 is 0.893 bits per heavy atom. The normalized spacial score (nSPS) is 18.1. The Hall–Kier alpha value is -4.08. The van der Waals surface area contributed by atoms with Gasteiger partial charge in [0.2, 0.25) is 5.76 Å². The van der Waals surface area contributed by atoms with Crippen LogP contribution >= 0.6 is 0 Å². The quantitative estimate of drug-likeness (QED) is 0.475. The van der Waals surface area contributed by atoms with Crippen molar-refractivity contribution in [3.05, 3.63) is 62.7 Å². The molecule has 0 fully saturated rings. The molecule has 1 aromatic carbocycles. The Kier molecular flexibility index (Phi) is 4.39. The predicted molar refractivity (Wildman–Crippen MR) is 90.3 cm³/mol. The van der Waals surface area contributed by atoms with E-state index in [2.05, 4.69) is 4.42 Å². The highest BCUT2D eigenvalue weighted by atomic mass is 16.4. The fourth-order valence-corrected chi connectivity index (χ4v) is 3.21. The second-order valence-corrected chi connectivity index (χ2v) is 6.02. The average Bonchev–Trinajstić information content (AvgIpc) is 2.61. The maximum Gasteiger partial charge on any atom is 0.371 e. The lowest BCUT2D eigenvalue weighted by Gasteiger charge is -2.30. The molecule has 0 spiro atoms. The van der Waals surface area contributed by atoms with Gasteiger partial charge in [0.25, 0.3) is 0 Å². The first-order valence-electron chi connectivity index (χ1n) is 7.72. The third-order valence-electron chi connectivity index (χ3n) is 4.41. The second-order valence-electron chi connectivity index (χ2n) is 6.02. The van der Waals surface area contributed by atoms with Gasteiger partial charge in [-0.15, -0.1) is 0 Å². The van der Waals surface area contributed by atoms with Crippen molar-refractivity contribution < 1.29 is 44.3 Å². The van der Waals surface area contributed by atoms with Gasteiger partial charge in [-0.3, -0.25) is 4.79 Å². The van der Waals surface area contributed by atoms with Crippen LogP contribution in [0.3, 0.4) is 0 Å². The number of hydrogen-bond donors (Lipinski definition) is 5. The number of phenols is 2. The highest BCUT2D eigenvalue weighted by molar-refractivity contribution is 6.00. The highest BCUT2D eigenvalue weighted by Crippen LogP contribution is 2.45. The van der Waals surface area contributed by atoms with Gasteiger partial charge in [-0.25, -0.2) is 14.4 Å². The van der Waals surface area contributed by atoms with Crippen LogP contribution in [0, 0.1) is 5.92 Å². The summed E-state index contributed by atoms with van der Waals surface area (Å²) in [4.78, 5) is 46.8. The molecule has 1 heterocycles. The van der Waals surface area contributed by atoms with Gasteiger partial charge in [0, 0.05) is 11.5 Å². The van der Waals surface area contributed by atoms with Gasteiger partial charge in [-0.2, -0.15) is 0 Å². The zero-order valence-corrected chi connectivity index (χ0v) is 13.8. The van der Waals surface area contributed by atoms with Gasteiger partial charge in [-0.05, 0) is 41.5 Å². The molecule has 1 aromatic heterocycles. The molecule has 0 saturated carbocycles. The van der Waals surface area contributed by atoms with E-state index in [-0.39, 0.29) is 16.7 Å². The van der Waals surface area contributed by atoms with Gasteiger partial charge in [0.15, 0.2) is 11.5 Å². The number of benzene rings is 1. The minimum absolute atomic E-state index is 0.0584. The van der Waals surface area contributed by atoms with Crippen molar-refractivity contribution in [1.82, 2.24) is 0 Å². The Morgan fingerprint density at radius 3 is 2.07 bits per heavy atom. The van der Waals surface area contributed by atoms with Crippen LogP contribution in [-0.2, 0) is 9.59 Å². The highest BCUT2D eigenvalue weighted by Gasteiger charge is 2.42. The van der Waals surface area contributed by atoms with Crippen LogP contribution in [-0.4, -0.2) is 43.4 Å². The monoisotopic (exact) mass is 388 g/mol. The molecular weight excluding hydrogens is 376 g/mol. The molecular formula is C18H12O10. The minimum Gasteiger partial charge on any atom is -0.504 e. The van der Waals surface area contributed by atoms with Crippen molar-refractivity contribution >= 4 is 24.0 Å². The summed E-state index contributed by atoms with van der Waals surface area (Å²) in [6, 6.07) is 4.03. The number of hydrogen-bond acceptors (Lipinski definition) is 7. The van der Waals surface area contributed by atoms with Crippen LogP contribution in [0.5, 0.6) is 11.5 Å². The molecule has 5 N–H and O–H groups in total. The van der Waals surface area contributed by atoms with E-state index < -0.39 is 58.2 Å². The van der Waals surface area contributed by atoms with E-state index in [4.69, 9.17) is 5.11 Å². The summed E-state index contributed by atoms with van der Waals surface area (Å²) >= 11 is 0. The first-order chi connectivity index (χ1) is 13.1. The minimum atomic E-state index is -1.73. The van der Waals surface area contributed by atoms with Crippen molar-refractivity contribution in [3.8, 4) is 11.5 Å². The summed E-state index contributed by atoms with van der Waals surface area (Å²) in [5.41, 5.74) is -1.89. The molecule has 0 unspecified atom stereocenters. The van der Waals surface area contributed by atoms with E-state index in [9.17, 15) is 39.6 Å². The number of carboxylic acids is 3. The molecule has 0 bridgehead atoms. The predicted octanol–water partition coefficient (Wildman–Crippen LogP) is 1.06. The molecule has 1 aliphatic rings. The first kappa shape index (κ1) is 18.7. The molecule has 1 aliphatic carbocycles. The number of aromatic hydroxyl groups is 2. The standard InChI is InChI=1S/C18H12O10/c19-10-4-6-3-9(15(21)22)14(17(25)26)13(8(6)5-11(10)20)7-1-2-12(16(23)24)28-18(7)27/h1-5,13-14,19-20H,(H,21,22)(H,23,24)(H,25,26)/t13-,14-/m0/s1. The molecule has 10 nitrogen and oxygen atoms in total. The SMILES string of the molecule is O=C(O)C1=Cc2cc(O)c(O)cc2[C@H](c2ccc(C(=O)O)oc2=O)[C@H]1C(=O)O. The van der Waals surface area contributed by atoms with Crippen molar-refractivity contribution in [2.75, 3.05) is 0 Å². The van der Waals surface area contributed by atoms with E-state index in [1.165, 1.54) is 0 Å². The zero-order chi connectivity index (χ0) is 20.7. The number of aliphatic carboxylic acids is 2. The third kappa shape index (κ3) is 2.96. The van der Waals surface area contributed by atoms with Crippen molar-refractivity contribution in [3.63, 3.8) is 0 Å². The van der Waals surface area contributed by atoms with E-state index in [1.54, 1.807) is 0 Å². The van der Waals surface area contributed by atoms with Gasteiger partial charge in [0.1, 0.15) is 0 Å². The molecule has 144 valence electrons. The Balaban J connectivity index is 2.34. The Morgan fingerprint density at radius 2 is 1.54 bits per heavy atom. The first-order valence-corrected chi connectivity index (χ1v) is 7.72. The molecule has 0 saturated heterocycles. The lowest BCUT2D eigenvalue weighted by molar-refractivity contribution is -0.144. The number of phenolic OH excluding ortho intramolecular Hbond substituents is 2. The van der Waals surface area contributed by atoms with E-state index in [0.29, 0.717) is 0 Å². The van der Waals surface area contributed by atoms with E-state index >= 15 is 0 Å². The van der Waals surface area contributed by atoms with Gasteiger partial charge >= 0.3 is 23.5 Å². The zero-order valence-electron chi connectivity index (χ0n) is 13.8. The lowest BCUT2D eigenvalue weighted by atomic mass is 9.71. The van der Waals surface area contributed by atoms with Crippen LogP contribution in [0.15, 0.2) is 39.1 Å². The topological polar surface area (TPSA) is 183 Å². The fraction of sp³-hybridized carbons (Fsp3) is 0.111. The van der Waals surface area contributed by atoms with Crippen molar-refractivity contribution in [1.29, 1.82) is 0 Å². The summed E-state index contributed by atoms with van der Waals surface area (Å²) in [5.74, 6) is -9.62. The summed E-state index contributed by atoms with van der Waals surface area (Å²) in [6.45, 7) is 0. The summed E-state index contributed by atoms with van der Waals surface area (Å²) < 4.78 is 4.69. The number of rotatable bonds is 4. The van der Waals surface area contributed by atoms with Crippen molar-refractivity contribution in [2.45, 2.75) is 5.92 Å². The van der Waals surface area contributed by atoms with Crippen molar-refractivity contribution in [2.24, 2.45) is 5.92 Å². The number of fused-ring (bicyclic) bond motifs is 1. The molecule has 2 aromatic rings. The summed E-state index contributed by atoms with van der Waals surface area (Å²) in [7, 11) is 0. The lowest BCUT2D eigenvalue weighted by Crippen LogP contribution is -2.33. The van der Waals surface area contributed by atoms with E-state index in [1.807, 2.05) is 0 Å². The maximum absolute atomic E-state index is 12.3. The second kappa shape index (κ2) is 6.58. The Labute approximate surface area is 155 Å².